The van der Waals surface area contributed by atoms with E-state index in [0.29, 0.717) is 31.6 Å². The van der Waals surface area contributed by atoms with Gasteiger partial charge in [0.25, 0.3) is 0 Å². The smallest absolute Gasteiger partial charge is 0.315 e. The number of urea groups is 1. The highest BCUT2D eigenvalue weighted by Gasteiger charge is 2.26. The zero-order chi connectivity index (χ0) is 16.1. The van der Waals surface area contributed by atoms with Gasteiger partial charge >= 0.3 is 6.03 Å². The van der Waals surface area contributed by atoms with Gasteiger partial charge in [0.2, 0.25) is 0 Å². The molecule has 2 amide bonds. The number of rotatable bonds is 5. The molecular weight excluding hydrogens is 292 g/mol. The van der Waals surface area contributed by atoms with Crippen LogP contribution >= 0.6 is 0 Å². The zero-order valence-corrected chi connectivity index (χ0v) is 12.5. The summed E-state index contributed by atoms with van der Waals surface area (Å²) in [7, 11) is 0. The first-order valence-corrected chi connectivity index (χ1v) is 7.41. The van der Waals surface area contributed by atoms with Crippen molar-refractivity contribution in [2.45, 2.75) is 31.8 Å². The van der Waals surface area contributed by atoms with Crippen LogP contribution in [0.5, 0.6) is 0 Å². The van der Waals surface area contributed by atoms with E-state index >= 15 is 0 Å². The van der Waals surface area contributed by atoms with E-state index < -0.39 is 11.6 Å². The van der Waals surface area contributed by atoms with Crippen molar-refractivity contribution in [2.24, 2.45) is 0 Å². The predicted molar refractivity (Wildman–Crippen MR) is 79.8 cm³/mol. The van der Waals surface area contributed by atoms with Gasteiger partial charge in [0.15, 0.2) is 0 Å². The number of nitrogens with zero attached hydrogens (tertiary/aromatic N) is 1. The lowest BCUT2D eigenvalue weighted by atomic mass is 10.2. The van der Waals surface area contributed by atoms with Crippen LogP contribution in [0.1, 0.15) is 19.8 Å². The van der Waals surface area contributed by atoms with Gasteiger partial charge in [-0.15, -0.1) is 0 Å². The number of aliphatic hydroxyl groups excluding tert-OH is 1. The van der Waals surface area contributed by atoms with E-state index in [9.17, 15) is 13.6 Å². The van der Waals surface area contributed by atoms with Crippen molar-refractivity contribution in [3.63, 3.8) is 0 Å². The van der Waals surface area contributed by atoms with Crippen LogP contribution in [0.25, 0.3) is 0 Å². The van der Waals surface area contributed by atoms with Crippen LogP contribution in [-0.2, 0) is 0 Å². The fraction of sp³-hybridized carbons (Fsp3) is 0.533. The zero-order valence-electron chi connectivity index (χ0n) is 12.5. The Bertz CT molecular complexity index is 524. The number of nitrogens with one attached hydrogen (secondary N) is 2. The molecule has 0 radical (unpaired) electrons. The summed E-state index contributed by atoms with van der Waals surface area (Å²) >= 11 is 0. The van der Waals surface area contributed by atoms with E-state index in [4.69, 9.17) is 5.11 Å². The first-order chi connectivity index (χ1) is 10.5. The number of hydrogen-bond donors (Lipinski definition) is 3. The minimum Gasteiger partial charge on any atom is -0.394 e. The maximum Gasteiger partial charge on any atom is 0.315 e. The van der Waals surface area contributed by atoms with E-state index in [2.05, 4.69) is 10.6 Å². The van der Waals surface area contributed by atoms with Crippen molar-refractivity contribution < 1.29 is 18.7 Å². The van der Waals surface area contributed by atoms with Gasteiger partial charge in [-0.3, -0.25) is 0 Å². The second kappa shape index (κ2) is 7.40. The Morgan fingerprint density at radius 1 is 1.50 bits per heavy atom. The first-order valence-electron chi connectivity index (χ1n) is 7.41. The number of amides is 2. The second-order valence-electron chi connectivity index (χ2n) is 5.43. The predicted octanol–water partition coefficient (Wildman–Crippen LogP) is 1.61. The molecule has 0 bridgehead atoms. The SMILES string of the molecule is CCC(CO)NC(=O)NC1CCN(c2ccc(F)cc2F)C1. The monoisotopic (exact) mass is 313 g/mol. The van der Waals surface area contributed by atoms with Crippen molar-refractivity contribution in [3.8, 4) is 0 Å². The number of halogens is 2. The van der Waals surface area contributed by atoms with E-state index in [-0.39, 0.29) is 24.7 Å². The molecular formula is C15H21F2N3O2. The first kappa shape index (κ1) is 16.5. The van der Waals surface area contributed by atoms with E-state index in [0.717, 1.165) is 6.07 Å². The lowest BCUT2D eigenvalue weighted by molar-refractivity contribution is 0.212. The highest BCUT2D eigenvalue weighted by molar-refractivity contribution is 5.74. The number of aliphatic hydroxyl groups is 1. The van der Waals surface area contributed by atoms with Crippen molar-refractivity contribution in [1.29, 1.82) is 0 Å². The highest BCUT2D eigenvalue weighted by atomic mass is 19.1. The lowest BCUT2D eigenvalue weighted by Gasteiger charge is -2.20. The molecule has 0 aliphatic carbocycles. The normalized spacial score (nSPS) is 19.1. The maximum atomic E-state index is 13.7. The molecule has 7 heteroatoms. The third-order valence-electron chi connectivity index (χ3n) is 3.82. The van der Waals surface area contributed by atoms with Gasteiger partial charge in [-0.1, -0.05) is 6.92 Å². The van der Waals surface area contributed by atoms with Gasteiger partial charge in [-0.05, 0) is 25.0 Å². The van der Waals surface area contributed by atoms with Crippen molar-refractivity contribution in [3.05, 3.63) is 29.8 Å². The summed E-state index contributed by atoms with van der Waals surface area (Å²) in [6.45, 7) is 2.81. The van der Waals surface area contributed by atoms with Gasteiger partial charge in [0, 0.05) is 25.2 Å². The van der Waals surface area contributed by atoms with Crippen molar-refractivity contribution in [2.75, 3.05) is 24.6 Å². The largest absolute Gasteiger partial charge is 0.394 e. The Hall–Kier alpha value is -1.89. The molecule has 2 unspecified atom stereocenters. The molecule has 122 valence electrons. The van der Waals surface area contributed by atoms with Crippen LogP contribution in [0.2, 0.25) is 0 Å². The van der Waals surface area contributed by atoms with Crippen LogP contribution in [0.4, 0.5) is 19.3 Å². The lowest BCUT2D eigenvalue weighted by Crippen LogP contribution is -2.48. The molecule has 1 aromatic rings. The molecule has 0 aromatic heterocycles. The molecule has 2 rings (SSSR count). The Morgan fingerprint density at radius 2 is 2.27 bits per heavy atom. The number of anilines is 1. The van der Waals surface area contributed by atoms with Gasteiger partial charge in [0.1, 0.15) is 11.6 Å². The molecule has 22 heavy (non-hydrogen) atoms. The van der Waals surface area contributed by atoms with Gasteiger partial charge in [-0.2, -0.15) is 0 Å². The minimum atomic E-state index is -0.607. The summed E-state index contributed by atoms with van der Waals surface area (Å²) in [6.07, 6.45) is 1.32. The van der Waals surface area contributed by atoms with Gasteiger partial charge < -0.3 is 20.6 Å². The van der Waals surface area contributed by atoms with E-state index in [1.807, 2.05) is 6.92 Å². The fourth-order valence-corrected chi connectivity index (χ4v) is 2.52. The third kappa shape index (κ3) is 4.07. The third-order valence-corrected chi connectivity index (χ3v) is 3.82. The van der Waals surface area contributed by atoms with E-state index in [1.54, 1.807) is 4.90 Å². The summed E-state index contributed by atoms with van der Waals surface area (Å²) in [4.78, 5) is 13.6. The standard InChI is InChI=1S/C15H21F2N3O2/c1-2-11(9-21)18-15(22)19-12-5-6-20(8-12)14-4-3-10(16)7-13(14)17/h3-4,7,11-12,21H,2,5-6,8-9H2,1H3,(H2,18,19,22). The molecule has 1 aliphatic rings. The Balaban J connectivity index is 1.88. The minimum absolute atomic E-state index is 0.110. The summed E-state index contributed by atoms with van der Waals surface area (Å²) in [6, 6.07) is 2.76. The highest BCUT2D eigenvalue weighted by Crippen LogP contribution is 2.24. The van der Waals surface area contributed by atoms with Gasteiger partial charge in [0.05, 0.1) is 18.3 Å². The Morgan fingerprint density at radius 3 is 2.91 bits per heavy atom. The van der Waals surface area contributed by atoms with Crippen LogP contribution < -0.4 is 15.5 Å². The fourth-order valence-electron chi connectivity index (χ4n) is 2.52. The molecule has 2 atom stereocenters. The summed E-state index contributed by atoms with van der Waals surface area (Å²) in [5, 5.41) is 14.5. The van der Waals surface area contributed by atoms with Crippen LogP contribution in [0, 0.1) is 11.6 Å². The quantitative estimate of drug-likeness (QED) is 0.774. The molecule has 1 heterocycles. The van der Waals surface area contributed by atoms with Crippen LogP contribution in [-0.4, -0.2) is 42.9 Å². The maximum absolute atomic E-state index is 13.7. The number of hydrogen-bond acceptors (Lipinski definition) is 3. The van der Waals surface area contributed by atoms with Gasteiger partial charge in [-0.25, -0.2) is 13.6 Å². The molecule has 1 fully saturated rings. The van der Waals surface area contributed by atoms with Crippen molar-refractivity contribution in [1.82, 2.24) is 10.6 Å². The topological polar surface area (TPSA) is 64.6 Å². The number of carbonyl (C=O) groups excluding carboxylic acids is 1. The molecule has 1 aliphatic heterocycles. The molecule has 1 saturated heterocycles. The molecule has 1 aromatic carbocycles. The number of carbonyl (C=O) groups is 1. The van der Waals surface area contributed by atoms with E-state index in [1.165, 1.54) is 12.1 Å². The summed E-state index contributed by atoms with van der Waals surface area (Å²) in [5.74, 6) is -1.21. The Kier molecular flexibility index (Phi) is 5.54. The summed E-state index contributed by atoms with van der Waals surface area (Å²) in [5.41, 5.74) is 0.341. The average Bonchev–Trinajstić information content (AvgIpc) is 2.92. The molecule has 5 nitrogen and oxygen atoms in total. The second-order valence-corrected chi connectivity index (χ2v) is 5.43. The Labute approximate surface area is 128 Å². The molecule has 0 spiro atoms. The van der Waals surface area contributed by atoms with Crippen molar-refractivity contribution >= 4 is 11.7 Å². The molecule has 0 saturated carbocycles. The number of benzene rings is 1. The van der Waals surface area contributed by atoms with Crippen LogP contribution in [0.3, 0.4) is 0 Å². The molecule has 3 N–H and O–H groups in total. The van der Waals surface area contributed by atoms with Crippen LogP contribution in [0.15, 0.2) is 18.2 Å². The average molecular weight is 313 g/mol. The summed E-state index contributed by atoms with van der Waals surface area (Å²) < 4.78 is 26.7.